The van der Waals surface area contributed by atoms with Crippen LogP contribution in [0.3, 0.4) is 0 Å². The third kappa shape index (κ3) is 2.96. The van der Waals surface area contributed by atoms with Crippen LogP contribution in [0.1, 0.15) is 25.1 Å². The highest BCUT2D eigenvalue weighted by Crippen LogP contribution is 2.32. The normalized spacial score (nSPS) is 19.2. The van der Waals surface area contributed by atoms with E-state index in [0.717, 1.165) is 54.6 Å². The van der Waals surface area contributed by atoms with Crippen LogP contribution in [0.4, 0.5) is 11.8 Å². The van der Waals surface area contributed by atoms with Gasteiger partial charge in [-0.15, -0.1) is 11.3 Å². The number of anilines is 2. The Balaban J connectivity index is 2.02. The topological polar surface area (TPSA) is 50.3 Å². The standard InChI is InChI=1S/C15H22N4OS/c1-4-11-9-19(6-7-20-11)13-12-8-10(3)21-14(12)18-15(17-13)16-5-2/h8,11H,4-7,9H2,1-3H3,(H,16,17,18). The summed E-state index contributed by atoms with van der Waals surface area (Å²) in [6.45, 7) is 9.75. The molecule has 2 aromatic rings. The Bertz CT molecular complexity index is 627. The third-order valence-electron chi connectivity index (χ3n) is 3.72. The van der Waals surface area contributed by atoms with Crippen molar-refractivity contribution in [2.45, 2.75) is 33.3 Å². The predicted octanol–water partition coefficient (Wildman–Crippen LogP) is 3.05. The Morgan fingerprint density at radius 2 is 2.29 bits per heavy atom. The molecule has 3 rings (SSSR count). The molecule has 1 fully saturated rings. The quantitative estimate of drug-likeness (QED) is 0.941. The summed E-state index contributed by atoms with van der Waals surface area (Å²) >= 11 is 1.73. The fourth-order valence-electron chi connectivity index (χ4n) is 2.66. The summed E-state index contributed by atoms with van der Waals surface area (Å²) in [5.41, 5.74) is 0. The molecule has 1 aliphatic rings. The predicted molar refractivity (Wildman–Crippen MR) is 88.6 cm³/mol. The summed E-state index contributed by atoms with van der Waals surface area (Å²) in [5.74, 6) is 1.77. The molecule has 0 spiro atoms. The molecule has 1 N–H and O–H groups in total. The van der Waals surface area contributed by atoms with Crippen LogP contribution in [0.2, 0.25) is 0 Å². The van der Waals surface area contributed by atoms with E-state index in [-0.39, 0.29) is 0 Å². The molecule has 5 nitrogen and oxygen atoms in total. The molecule has 6 heteroatoms. The van der Waals surface area contributed by atoms with E-state index < -0.39 is 0 Å². The summed E-state index contributed by atoms with van der Waals surface area (Å²) < 4.78 is 5.78. The number of thiophene rings is 1. The van der Waals surface area contributed by atoms with Gasteiger partial charge in [-0.3, -0.25) is 0 Å². The monoisotopic (exact) mass is 306 g/mol. The summed E-state index contributed by atoms with van der Waals surface area (Å²) in [7, 11) is 0. The van der Waals surface area contributed by atoms with E-state index in [2.05, 4.69) is 42.0 Å². The average molecular weight is 306 g/mol. The van der Waals surface area contributed by atoms with Crippen molar-refractivity contribution < 1.29 is 4.74 Å². The van der Waals surface area contributed by atoms with Crippen LogP contribution in [0.25, 0.3) is 10.2 Å². The van der Waals surface area contributed by atoms with Crippen molar-refractivity contribution in [1.82, 2.24) is 9.97 Å². The number of morpholine rings is 1. The number of aromatic nitrogens is 2. The number of rotatable bonds is 4. The van der Waals surface area contributed by atoms with Gasteiger partial charge in [0.1, 0.15) is 10.6 Å². The zero-order chi connectivity index (χ0) is 14.8. The summed E-state index contributed by atoms with van der Waals surface area (Å²) in [6.07, 6.45) is 1.33. The molecule has 2 aromatic heterocycles. The van der Waals surface area contributed by atoms with Crippen LogP contribution in [-0.2, 0) is 4.74 Å². The van der Waals surface area contributed by atoms with Gasteiger partial charge in [-0.1, -0.05) is 6.92 Å². The Labute approximate surface area is 129 Å². The molecular weight excluding hydrogens is 284 g/mol. The minimum atomic E-state index is 0.297. The van der Waals surface area contributed by atoms with E-state index in [4.69, 9.17) is 9.72 Å². The van der Waals surface area contributed by atoms with Gasteiger partial charge in [0.25, 0.3) is 0 Å². The van der Waals surface area contributed by atoms with Gasteiger partial charge in [-0.05, 0) is 26.3 Å². The third-order valence-corrected chi connectivity index (χ3v) is 4.67. The van der Waals surface area contributed by atoms with Crippen LogP contribution in [-0.4, -0.2) is 42.3 Å². The van der Waals surface area contributed by atoms with Gasteiger partial charge < -0.3 is 15.0 Å². The van der Waals surface area contributed by atoms with Crippen LogP contribution in [0, 0.1) is 6.92 Å². The van der Waals surface area contributed by atoms with Gasteiger partial charge in [-0.2, -0.15) is 4.98 Å². The molecule has 0 aromatic carbocycles. The molecule has 1 unspecified atom stereocenters. The van der Waals surface area contributed by atoms with Crippen molar-refractivity contribution >= 4 is 33.3 Å². The largest absolute Gasteiger partial charge is 0.375 e. The Morgan fingerprint density at radius 1 is 1.43 bits per heavy atom. The van der Waals surface area contributed by atoms with Crippen LogP contribution < -0.4 is 10.2 Å². The first-order valence-electron chi connectivity index (χ1n) is 7.59. The fourth-order valence-corrected chi connectivity index (χ4v) is 3.54. The van der Waals surface area contributed by atoms with E-state index in [9.17, 15) is 0 Å². The van der Waals surface area contributed by atoms with Gasteiger partial charge in [0, 0.05) is 24.5 Å². The first-order chi connectivity index (χ1) is 10.2. The molecule has 3 heterocycles. The number of ether oxygens (including phenoxy) is 1. The van der Waals surface area contributed by atoms with Gasteiger partial charge in [-0.25, -0.2) is 4.98 Å². The van der Waals surface area contributed by atoms with Crippen molar-refractivity contribution in [1.29, 1.82) is 0 Å². The van der Waals surface area contributed by atoms with Crippen molar-refractivity contribution in [2.24, 2.45) is 0 Å². The lowest BCUT2D eigenvalue weighted by molar-refractivity contribution is 0.0383. The van der Waals surface area contributed by atoms with E-state index in [1.165, 1.54) is 4.88 Å². The van der Waals surface area contributed by atoms with Crippen molar-refractivity contribution in [3.63, 3.8) is 0 Å². The Kier molecular flexibility index (Phi) is 4.26. The van der Waals surface area contributed by atoms with Gasteiger partial charge in [0.2, 0.25) is 5.95 Å². The fraction of sp³-hybridized carbons (Fsp3) is 0.600. The number of hydrogen-bond acceptors (Lipinski definition) is 6. The van der Waals surface area contributed by atoms with Crippen LogP contribution >= 0.6 is 11.3 Å². The second-order valence-corrected chi connectivity index (χ2v) is 6.56. The minimum Gasteiger partial charge on any atom is -0.375 e. The Morgan fingerprint density at radius 3 is 3.05 bits per heavy atom. The first kappa shape index (κ1) is 14.5. The number of aryl methyl sites for hydroxylation is 1. The Hall–Kier alpha value is -1.40. The maximum Gasteiger partial charge on any atom is 0.226 e. The molecule has 0 aliphatic carbocycles. The van der Waals surface area contributed by atoms with E-state index >= 15 is 0 Å². The second-order valence-electron chi connectivity index (χ2n) is 5.32. The van der Waals surface area contributed by atoms with E-state index in [0.29, 0.717) is 6.10 Å². The number of nitrogens with one attached hydrogen (secondary N) is 1. The lowest BCUT2D eigenvalue weighted by Gasteiger charge is -2.33. The van der Waals surface area contributed by atoms with Crippen LogP contribution in [0.5, 0.6) is 0 Å². The van der Waals surface area contributed by atoms with E-state index in [1.807, 2.05) is 0 Å². The number of fused-ring (bicyclic) bond motifs is 1. The zero-order valence-electron chi connectivity index (χ0n) is 12.8. The number of hydrogen-bond donors (Lipinski definition) is 1. The molecule has 1 saturated heterocycles. The maximum atomic E-state index is 5.78. The smallest absolute Gasteiger partial charge is 0.226 e. The van der Waals surface area contributed by atoms with Gasteiger partial charge >= 0.3 is 0 Å². The highest BCUT2D eigenvalue weighted by atomic mass is 32.1. The molecule has 0 radical (unpaired) electrons. The lowest BCUT2D eigenvalue weighted by atomic mass is 10.2. The summed E-state index contributed by atoms with van der Waals surface area (Å²) in [4.78, 5) is 14.0. The summed E-state index contributed by atoms with van der Waals surface area (Å²) in [5, 5.41) is 4.40. The molecule has 1 aliphatic heterocycles. The molecule has 0 saturated carbocycles. The molecule has 1 atom stereocenters. The SMILES string of the molecule is CCNc1nc(N2CCOC(CC)C2)c2cc(C)sc2n1. The van der Waals surface area contributed by atoms with Crippen molar-refractivity contribution in [3.8, 4) is 0 Å². The molecular formula is C15H22N4OS. The van der Waals surface area contributed by atoms with Gasteiger partial charge in [0.05, 0.1) is 18.1 Å². The van der Waals surface area contributed by atoms with Gasteiger partial charge in [0.15, 0.2) is 0 Å². The first-order valence-corrected chi connectivity index (χ1v) is 8.41. The minimum absolute atomic E-state index is 0.297. The van der Waals surface area contributed by atoms with Crippen molar-refractivity contribution in [2.75, 3.05) is 36.5 Å². The summed E-state index contributed by atoms with van der Waals surface area (Å²) in [6, 6.07) is 2.20. The zero-order valence-corrected chi connectivity index (χ0v) is 13.7. The maximum absolute atomic E-state index is 5.78. The van der Waals surface area contributed by atoms with Crippen LogP contribution in [0.15, 0.2) is 6.07 Å². The van der Waals surface area contributed by atoms with Crippen molar-refractivity contribution in [3.05, 3.63) is 10.9 Å². The van der Waals surface area contributed by atoms with E-state index in [1.54, 1.807) is 11.3 Å². The second kappa shape index (κ2) is 6.15. The molecule has 114 valence electrons. The average Bonchev–Trinajstić information content (AvgIpc) is 2.87. The highest BCUT2D eigenvalue weighted by Gasteiger charge is 2.23. The molecule has 0 amide bonds. The highest BCUT2D eigenvalue weighted by molar-refractivity contribution is 7.18. The lowest BCUT2D eigenvalue weighted by Crippen LogP contribution is -2.42. The molecule has 21 heavy (non-hydrogen) atoms. The molecule has 0 bridgehead atoms. The number of nitrogens with zero attached hydrogens (tertiary/aromatic N) is 3.